The van der Waals surface area contributed by atoms with E-state index in [4.69, 9.17) is 21.2 Å². The lowest BCUT2D eigenvalue weighted by atomic mass is 9.92. The summed E-state index contributed by atoms with van der Waals surface area (Å²) in [6, 6.07) is 2.14. The van der Waals surface area contributed by atoms with Gasteiger partial charge in [-0.15, -0.1) is 6.42 Å². The molecule has 0 spiro atoms. The van der Waals surface area contributed by atoms with Gasteiger partial charge in [-0.1, -0.05) is 5.92 Å². The van der Waals surface area contributed by atoms with Crippen molar-refractivity contribution in [2.75, 3.05) is 19.7 Å². The van der Waals surface area contributed by atoms with E-state index in [9.17, 15) is 0 Å². The average molecular weight is 206 g/mol. The molecule has 0 radical (unpaired) electrons. The summed E-state index contributed by atoms with van der Waals surface area (Å²) in [4.78, 5) is 0. The first-order chi connectivity index (χ1) is 7.36. The van der Waals surface area contributed by atoms with Gasteiger partial charge in [0.15, 0.2) is 6.10 Å². The third kappa shape index (κ3) is 1.98. The predicted molar refractivity (Wildman–Crippen MR) is 53.8 cm³/mol. The lowest BCUT2D eigenvalue weighted by molar-refractivity contribution is 0.0148. The van der Waals surface area contributed by atoms with Gasteiger partial charge in [0, 0.05) is 12.5 Å². The molecule has 4 heteroatoms. The summed E-state index contributed by atoms with van der Waals surface area (Å²) in [7, 11) is 0. The van der Waals surface area contributed by atoms with Crippen molar-refractivity contribution in [2.45, 2.75) is 24.7 Å². The van der Waals surface area contributed by atoms with Crippen LogP contribution in [-0.2, 0) is 9.47 Å². The second-order valence-electron chi connectivity index (χ2n) is 3.86. The molecule has 2 saturated heterocycles. The highest BCUT2D eigenvalue weighted by Crippen LogP contribution is 2.32. The highest BCUT2D eigenvalue weighted by atomic mass is 16.6. The van der Waals surface area contributed by atoms with Gasteiger partial charge in [-0.05, 0) is 13.0 Å². The van der Waals surface area contributed by atoms with Crippen LogP contribution in [0.1, 0.15) is 6.42 Å². The Bertz CT molecular complexity index is 305. The highest BCUT2D eigenvalue weighted by Gasteiger charge is 2.46. The first-order valence-corrected chi connectivity index (χ1v) is 5.17. The average Bonchev–Trinajstić information content (AvgIpc) is 2.64. The zero-order chi connectivity index (χ0) is 10.7. The van der Waals surface area contributed by atoms with Crippen LogP contribution in [0.4, 0.5) is 0 Å². The van der Waals surface area contributed by atoms with Crippen molar-refractivity contribution in [2.24, 2.45) is 5.92 Å². The second-order valence-corrected chi connectivity index (χ2v) is 3.86. The van der Waals surface area contributed by atoms with Gasteiger partial charge in [-0.25, -0.2) is 0 Å². The van der Waals surface area contributed by atoms with Crippen LogP contribution < -0.4 is 5.32 Å². The Hall–Kier alpha value is -1.07. The van der Waals surface area contributed by atoms with Crippen molar-refractivity contribution in [3.8, 4) is 18.4 Å². The molecule has 4 unspecified atom stereocenters. The van der Waals surface area contributed by atoms with Gasteiger partial charge in [0.1, 0.15) is 12.7 Å². The smallest absolute Gasteiger partial charge is 0.170 e. The Balaban J connectivity index is 2.04. The maximum atomic E-state index is 8.96. The number of nitriles is 1. The maximum absolute atomic E-state index is 8.96. The molecular formula is C11H14N2O2. The zero-order valence-electron chi connectivity index (χ0n) is 8.48. The van der Waals surface area contributed by atoms with Crippen LogP contribution in [0.25, 0.3) is 0 Å². The first-order valence-electron chi connectivity index (χ1n) is 5.17. The number of nitrogens with one attached hydrogen (secondary N) is 1. The third-order valence-corrected chi connectivity index (χ3v) is 2.99. The van der Waals surface area contributed by atoms with Crippen LogP contribution in [0.2, 0.25) is 0 Å². The molecule has 0 bridgehead atoms. The first kappa shape index (κ1) is 10.4. The molecule has 4 nitrogen and oxygen atoms in total. The highest BCUT2D eigenvalue weighted by molar-refractivity contribution is 5.04. The molecule has 2 aliphatic heterocycles. The molecule has 0 saturated carbocycles. The van der Waals surface area contributed by atoms with Crippen molar-refractivity contribution >= 4 is 0 Å². The SMILES string of the molecule is C#CCOC1C(C#N)OC2CCNCC21. The summed E-state index contributed by atoms with van der Waals surface area (Å²) in [5.41, 5.74) is 0. The summed E-state index contributed by atoms with van der Waals surface area (Å²) in [5, 5.41) is 12.2. The molecule has 1 N–H and O–H groups in total. The van der Waals surface area contributed by atoms with E-state index in [0.29, 0.717) is 0 Å². The van der Waals surface area contributed by atoms with Gasteiger partial charge < -0.3 is 14.8 Å². The normalized spacial score (nSPS) is 39.1. The fourth-order valence-electron chi connectivity index (χ4n) is 2.30. The standard InChI is InChI=1S/C11H14N2O2/c1-2-5-14-11-8-7-13-4-3-9(8)15-10(11)6-12/h1,8-11,13H,3-5,7H2. The monoisotopic (exact) mass is 206 g/mol. The molecule has 80 valence electrons. The van der Waals surface area contributed by atoms with Crippen LogP contribution in [-0.4, -0.2) is 38.0 Å². The molecule has 0 aromatic carbocycles. The van der Waals surface area contributed by atoms with E-state index in [1.54, 1.807) is 0 Å². The number of terminal acetylenes is 1. The van der Waals surface area contributed by atoms with Crippen molar-refractivity contribution in [1.82, 2.24) is 5.32 Å². The summed E-state index contributed by atoms with van der Waals surface area (Å²) >= 11 is 0. The molecule has 2 heterocycles. The van der Waals surface area contributed by atoms with Crippen LogP contribution in [0.15, 0.2) is 0 Å². The maximum Gasteiger partial charge on any atom is 0.170 e. The molecule has 15 heavy (non-hydrogen) atoms. The van der Waals surface area contributed by atoms with Gasteiger partial charge in [0.25, 0.3) is 0 Å². The number of rotatable bonds is 2. The summed E-state index contributed by atoms with van der Waals surface area (Å²) in [6.07, 6.45) is 5.60. The fourth-order valence-corrected chi connectivity index (χ4v) is 2.30. The van der Waals surface area contributed by atoms with Gasteiger partial charge in [-0.3, -0.25) is 0 Å². The van der Waals surface area contributed by atoms with E-state index in [1.165, 1.54) is 0 Å². The molecule has 2 aliphatic rings. The number of hydrogen-bond donors (Lipinski definition) is 1. The molecule has 2 rings (SSSR count). The van der Waals surface area contributed by atoms with E-state index in [0.717, 1.165) is 19.5 Å². The Labute approximate surface area is 89.5 Å². The summed E-state index contributed by atoms with van der Waals surface area (Å²) < 4.78 is 11.1. The van der Waals surface area contributed by atoms with Crippen molar-refractivity contribution < 1.29 is 9.47 Å². The Morgan fingerprint density at radius 2 is 2.47 bits per heavy atom. The van der Waals surface area contributed by atoms with E-state index in [2.05, 4.69) is 17.3 Å². The summed E-state index contributed by atoms with van der Waals surface area (Å²) in [6.45, 7) is 2.04. The largest absolute Gasteiger partial charge is 0.361 e. The molecule has 0 aromatic heterocycles. The topological polar surface area (TPSA) is 54.3 Å². The molecule has 4 atom stereocenters. The van der Waals surface area contributed by atoms with Crippen LogP contribution in [0.5, 0.6) is 0 Å². The molecule has 0 amide bonds. The number of ether oxygens (including phenoxy) is 2. The predicted octanol–water partition coefficient (Wildman–Crippen LogP) is -0.0947. The number of nitrogens with zero attached hydrogens (tertiary/aromatic N) is 1. The van der Waals surface area contributed by atoms with Gasteiger partial charge in [0.2, 0.25) is 0 Å². The summed E-state index contributed by atoms with van der Waals surface area (Å²) in [5.74, 6) is 2.69. The fraction of sp³-hybridized carbons (Fsp3) is 0.727. The van der Waals surface area contributed by atoms with E-state index in [1.807, 2.05) is 0 Å². The molecule has 0 aromatic rings. The van der Waals surface area contributed by atoms with Gasteiger partial charge in [0.05, 0.1) is 12.2 Å². The second kappa shape index (κ2) is 4.63. The van der Waals surface area contributed by atoms with Crippen LogP contribution in [0.3, 0.4) is 0 Å². The molecule has 2 fully saturated rings. The lowest BCUT2D eigenvalue weighted by Gasteiger charge is -2.27. The zero-order valence-corrected chi connectivity index (χ0v) is 8.48. The minimum absolute atomic E-state index is 0.152. The minimum atomic E-state index is -0.465. The molecule has 0 aliphatic carbocycles. The van der Waals surface area contributed by atoms with E-state index < -0.39 is 6.10 Å². The van der Waals surface area contributed by atoms with Crippen molar-refractivity contribution in [3.05, 3.63) is 0 Å². The van der Waals surface area contributed by atoms with E-state index >= 15 is 0 Å². The van der Waals surface area contributed by atoms with Gasteiger partial charge in [-0.2, -0.15) is 5.26 Å². The van der Waals surface area contributed by atoms with Gasteiger partial charge >= 0.3 is 0 Å². The Morgan fingerprint density at radius 3 is 3.20 bits per heavy atom. The molecular weight excluding hydrogens is 192 g/mol. The number of piperidine rings is 1. The third-order valence-electron chi connectivity index (χ3n) is 2.99. The number of hydrogen-bond acceptors (Lipinski definition) is 4. The van der Waals surface area contributed by atoms with Crippen LogP contribution >= 0.6 is 0 Å². The number of fused-ring (bicyclic) bond motifs is 1. The minimum Gasteiger partial charge on any atom is -0.361 e. The Kier molecular flexibility index (Phi) is 3.23. The Morgan fingerprint density at radius 1 is 1.60 bits per heavy atom. The lowest BCUT2D eigenvalue weighted by Crippen LogP contribution is -2.42. The van der Waals surface area contributed by atoms with Crippen molar-refractivity contribution in [1.29, 1.82) is 5.26 Å². The quantitative estimate of drug-likeness (QED) is 0.641. The van der Waals surface area contributed by atoms with Crippen molar-refractivity contribution in [3.63, 3.8) is 0 Å². The van der Waals surface area contributed by atoms with E-state index in [-0.39, 0.29) is 24.7 Å². The van der Waals surface area contributed by atoms with Crippen LogP contribution in [0, 0.1) is 29.6 Å².